The van der Waals surface area contributed by atoms with E-state index in [0.717, 1.165) is 5.92 Å². The molecule has 1 amide bonds. The van der Waals surface area contributed by atoms with E-state index in [-0.39, 0.29) is 5.91 Å². The molecule has 3 nitrogen and oxygen atoms in total. The van der Waals surface area contributed by atoms with Crippen molar-refractivity contribution >= 4 is 5.91 Å². The van der Waals surface area contributed by atoms with Crippen molar-refractivity contribution in [3.63, 3.8) is 0 Å². The van der Waals surface area contributed by atoms with Crippen molar-refractivity contribution in [2.75, 3.05) is 6.54 Å². The van der Waals surface area contributed by atoms with Crippen LogP contribution in [0.1, 0.15) is 51.9 Å². The molecule has 3 heteroatoms. The Morgan fingerprint density at radius 3 is 2.62 bits per heavy atom. The minimum absolute atomic E-state index is 0.183. The van der Waals surface area contributed by atoms with E-state index in [0.29, 0.717) is 18.6 Å². The number of carbonyl (C=O) groups is 1. The largest absolute Gasteiger partial charge is 0.352 e. The smallest absolute Gasteiger partial charge is 0.234 e. The van der Waals surface area contributed by atoms with Gasteiger partial charge < -0.3 is 10.6 Å². The average Bonchev–Trinajstić information content (AvgIpc) is 3.10. The van der Waals surface area contributed by atoms with Crippen LogP contribution in [0.15, 0.2) is 0 Å². The fourth-order valence-electron chi connectivity index (χ4n) is 2.70. The van der Waals surface area contributed by atoms with E-state index in [1.165, 1.54) is 44.9 Å². The average molecular weight is 224 g/mol. The summed E-state index contributed by atoms with van der Waals surface area (Å²) in [7, 11) is 0. The highest BCUT2D eigenvalue weighted by atomic mass is 16.2. The number of amides is 1. The van der Waals surface area contributed by atoms with Crippen LogP contribution in [0, 0.1) is 5.92 Å². The van der Waals surface area contributed by atoms with Crippen molar-refractivity contribution < 1.29 is 4.79 Å². The molecule has 2 saturated carbocycles. The summed E-state index contributed by atoms with van der Waals surface area (Å²) >= 11 is 0. The molecule has 2 aliphatic carbocycles. The van der Waals surface area contributed by atoms with Crippen LogP contribution in [0.2, 0.25) is 0 Å². The molecule has 0 bridgehead atoms. The molecule has 0 aromatic heterocycles. The van der Waals surface area contributed by atoms with Gasteiger partial charge in [0, 0.05) is 12.1 Å². The van der Waals surface area contributed by atoms with Crippen LogP contribution in [-0.4, -0.2) is 24.5 Å². The topological polar surface area (TPSA) is 41.1 Å². The standard InChI is InChI=1S/C13H24N2O/c1-2-10-5-3-4-6-12(10)14-9-13(16)15-11-7-8-11/h10-12,14H,2-9H2,1H3,(H,15,16). The summed E-state index contributed by atoms with van der Waals surface area (Å²) < 4.78 is 0. The Morgan fingerprint density at radius 2 is 1.94 bits per heavy atom. The van der Waals surface area contributed by atoms with Crippen molar-refractivity contribution in [2.45, 2.75) is 64.0 Å². The Bertz CT molecular complexity index is 238. The molecule has 92 valence electrons. The lowest BCUT2D eigenvalue weighted by molar-refractivity contribution is -0.120. The minimum Gasteiger partial charge on any atom is -0.352 e. The van der Waals surface area contributed by atoms with E-state index in [4.69, 9.17) is 0 Å². The van der Waals surface area contributed by atoms with Gasteiger partial charge in [-0.25, -0.2) is 0 Å². The summed E-state index contributed by atoms with van der Waals surface area (Å²) in [6, 6.07) is 1.06. The Hall–Kier alpha value is -0.570. The fourth-order valence-corrected chi connectivity index (χ4v) is 2.70. The molecule has 2 N–H and O–H groups in total. The molecule has 2 rings (SSSR count). The first-order valence-corrected chi connectivity index (χ1v) is 6.82. The number of hydrogen-bond acceptors (Lipinski definition) is 2. The van der Waals surface area contributed by atoms with Crippen LogP contribution in [0.4, 0.5) is 0 Å². The van der Waals surface area contributed by atoms with Gasteiger partial charge in [-0.1, -0.05) is 26.2 Å². The zero-order valence-corrected chi connectivity index (χ0v) is 10.3. The van der Waals surface area contributed by atoms with Crippen LogP contribution < -0.4 is 10.6 Å². The van der Waals surface area contributed by atoms with Gasteiger partial charge in [0.25, 0.3) is 0 Å². The fraction of sp³-hybridized carbons (Fsp3) is 0.923. The molecule has 2 fully saturated rings. The molecule has 2 unspecified atom stereocenters. The number of carbonyl (C=O) groups excluding carboxylic acids is 1. The lowest BCUT2D eigenvalue weighted by Gasteiger charge is -2.31. The Kier molecular flexibility index (Phi) is 4.22. The van der Waals surface area contributed by atoms with Gasteiger partial charge in [-0.2, -0.15) is 0 Å². The van der Waals surface area contributed by atoms with Crippen LogP contribution in [0.25, 0.3) is 0 Å². The quantitative estimate of drug-likeness (QED) is 0.748. The molecule has 0 aromatic rings. The lowest BCUT2D eigenvalue weighted by atomic mass is 9.83. The predicted octanol–water partition coefficient (Wildman–Crippen LogP) is 1.82. The van der Waals surface area contributed by atoms with E-state index in [1.54, 1.807) is 0 Å². The van der Waals surface area contributed by atoms with Crippen LogP contribution in [-0.2, 0) is 4.79 Å². The molecular formula is C13H24N2O. The van der Waals surface area contributed by atoms with Gasteiger partial charge in [0.1, 0.15) is 0 Å². The van der Waals surface area contributed by atoms with E-state index >= 15 is 0 Å². The van der Waals surface area contributed by atoms with Gasteiger partial charge in [0.05, 0.1) is 6.54 Å². The van der Waals surface area contributed by atoms with Crippen LogP contribution in [0.5, 0.6) is 0 Å². The highest BCUT2D eigenvalue weighted by Gasteiger charge is 2.26. The third kappa shape index (κ3) is 3.48. The summed E-state index contributed by atoms with van der Waals surface area (Å²) in [6.07, 6.45) is 8.85. The van der Waals surface area contributed by atoms with E-state index in [2.05, 4.69) is 17.6 Å². The Balaban J connectivity index is 1.68. The van der Waals surface area contributed by atoms with Crippen molar-refractivity contribution in [3.05, 3.63) is 0 Å². The maximum absolute atomic E-state index is 11.6. The molecule has 0 spiro atoms. The van der Waals surface area contributed by atoms with E-state index in [9.17, 15) is 4.79 Å². The maximum atomic E-state index is 11.6. The predicted molar refractivity (Wildman–Crippen MR) is 65.2 cm³/mol. The monoisotopic (exact) mass is 224 g/mol. The third-order valence-electron chi connectivity index (χ3n) is 3.90. The van der Waals surface area contributed by atoms with Gasteiger partial charge in [0.2, 0.25) is 5.91 Å². The molecule has 2 aliphatic rings. The van der Waals surface area contributed by atoms with Crippen molar-refractivity contribution in [2.24, 2.45) is 5.92 Å². The SMILES string of the molecule is CCC1CCCCC1NCC(=O)NC1CC1. The van der Waals surface area contributed by atoms with Gasteiger partial charge >= 0.3 is 0 Å². The highest BCUT2D eigenvalue weighted by Crippen LogP contribution is 2.26. The number of nitrogens with one attached hydrogen (secondary N) is 2. The second-order valence-corrected chi connectivity index (χ2v) is 5.28. The zero-order valence-electron chi connectivity index (χ0n) is 10.3. The first kappa shape index (κ1) is 11.9. The molecule has 2 atom stereocenters. The van der Waals surface area contributed by atoms with E-state index in [1.807, 2.05) is 0 Å². The number of hydrogen-bond donors (Lipinski definition) is 2. The Morgan fingerprint density at radius 1 is 1.19 bits per heavy atom. The van der Waals surface area contributed by atoms with Gasteiger partial charge in [-0.05, 0) is 31.6 Å². The first-order valence-electron chi connectivity index (χ1n) is 6.82. The van der Waals surface area contributed by atoms with Crippen LogP contribution >= 0.6 is 0 Å². The summed E-state index contributed by atoms with van der Waals surface area (Å²) in [5, 5.41) is 6.47. The third-order valence-corrected chi connectivity index (χ3v) is 3.90. The maximum Gasteiger partial charge on any atom is 0.234 e. The zero-order chi connectivity index (χ0) is 11.4. The summed E-state index contributed by atoms with van der Waals surface area (Å²) in [4.78, 5) is 11.6. The first-order chi connectivity index (χ1) is 7.79. The Labute approximate surface area is 98.4 Å². The number of rotatable bonds is 5. The van der Waals surface area contributed by atoms with Crippen molar-refractivity contribution in [1.29, 1.82) is 0 Å². The van der Waals surface area contributed by atoms with Crippen molar-refractivity contribution in [1.82, 2.24) is 10.6 Å². The van der Waals surface area contributed by atoms with Crippen LogP contribution in [0.3, 0.4) is 0 Å². The summed E-state index contributed by atoms with van der Waals surface area (Å²) in [5.74, 6) is 0.963. The molecule has 16 heavy (non-hydrogen) atoms. The normalized spacial score (nSPS) is 30.1. The summed E-state index contributed by atoms with van der Waals surface area (Å²) in [5.41, 5.74) is 0. The van der Waals surface area contributed by atoms with E-state index < -0.39 is 0 Å². The lowest BCUT2D eigenvalue weighted by Crippen LogP contribution is -2.44. The molecule has 0 aliphatic heterocycles. The van der Waals surface area contributed by atoms with Gasteiger partial charge in [-0.15, -0.1) is 0 Å². The molecule has 0 aromatic carbocycles. The molecule has 0 heterocycles. The second-order valence-electron chi connectivity index (χ2n) is 5.28. The molecular weight excluding hydrogens is 200 g/mol. The van der Waals surface area contributed by atoms with Crippen molar-refractivity contribution in [3.8, 4) is 0 Å². The molecule has 0 saturated heterocycles. The highest BCUT2D eigenvalue weighted by molar-refractivity contribution is 5.78. The molecule has 0 radical (unpaired) electrons. The van der Waals surface area contributed by atoms with Gasteiger partial charge in [-0.3, -0.25) is 4.79 Å². The van der Waals surface area contributed by atoms with Gasteiger partial charge in [0.15, 0.2) is 0 Å². The minimum atomic E-state index is 0.183. The second kappa shape index (κ2) is 5.67. The summed E-state index contributed by atoms with van der Waals surface area (Å²) in [6.45, 7) is 2.77.